The number of fused-ring (bicyclic) bond motifs is 1. The zero-order valence-electron chi connectivity index (χ0n) is 15.5. The first-order valence-corrected chi connectivity index (χ1v) is 9.31. The third-order valence-electron chi connectivity index (χ3n) is 5.06. The lowest BCUT2D eigenvalue weighted by molar-refractivity contribution is 0.416. The van der Waals surface area contributed by atoms with Crippen LogP contribution in [0.25, 0.3) is 28.2 Å². The van der Waals surface area contributed by atoms with E-state index in [9.17, 15) is 0 Å². The third-order valence-corrected chi connectivity index (χ3v) is 5.06. The summed E-state index contributed by atoms with van der Waals surface area (Å²) in [4.78, 5) is 9.36. The summed E-state index contributed by atoms with van der Waals surface area (Å²) in [5.74, 6) is 1.63. The van der Waals surface area contributed by atoms with E-state index in [-0.39, 0.29) is 0 Å². The average molecular weight is 375 g/mol. The van der Waals surface area contributed by atoms with Crippen LogP contribution in [0.4, 0.5) is 5.82 Å². The fraction of sp³-hybridized carbons (Fsp3) is 0.250. The largest absolute Gasteiger partial charge is 0.496 e. The van der Waals surface area contributed by atoms with Gasteiger partial charge in [-0.1, -0.05) is 6.07 Å². The Bertz CT molecular complexity index is 1100. The molecule has 0 amide bonds. The highest BCUT2D eigenvalue weighted by atomic mass is 16.5. The van der Waals surface area contributed by atoms with Gasteiger partial charge in [0.15, 0.2) is 0 Å². The van der Waals surface area contributed by atoms with Crippen molar-refractivity contribution in [2.45, 2.75) is 12.5 Å². The molecule has 0 spiro atoms. The molecule has 0 aromatic carbocycles. The number of ether oxygens (including phenoxy) is 1. The fourth-order valence-electron chi connectivity index (χ4n) is 3.62. The van der Waals surface area contributed by atoms with Gasteiger partial charge in [0.1, 0.15) is 17.2 Å². The number of H-pyrrole nitrogens is 1. The van der Waals surface area contributed by atoms with Gasteiger partial charge in [-0.15, -0.1) is 0 Å². The molecule has 0 radical (unpaired) electrons. The standard InChI is InChI=1S/C20H21N7O/c1-28-18-7-20-22-11-17(27(20)12-15(18)13-8-23-24-9-13)16-3-2-4-19(26-16)25-14-5-6-21-10-14/h2-4,7-9,11-12,14,21H,5-6,10H2,1H3,(H,23,24)(H,25,26). The van der Waals surface area contributed by atoms with E-state index in [1.165, 1.54) is 0 Å². The number of methoxy groups -OCH3 is 1. The maximum atomic E-state index is 5.56. The van der Waals surface area contributed by atoms with Gasteiger partial charge in [0.25, 0.3) is 0 Å². The van der Waals surface area contributed by atoms with Crippen LogP contribution >= 0.6 is 0 Å². The van der Waals surface area contributed by atoms with Crippen molar-refractivity contribution in [2.75, 3.05) is 25.5 Å². The minimum Gasteiger partial charge on any atom is -0.496 e. The topological polar surface area (TPSA) is 92.2 Å². The molecule has 1 atom stereocenters. The van der Waals surface area contributed by atoms with Crippen LogP contribution in [0.2, 0.25) is 0 Å². The zero-order valence-corrected chi connectivity index (χ0v) is 15.5. The Labute approximate surface area is 162 Å². The van der Waals surface area contributed by atoms with Crippen LogP contribution < -0.4 is 15.4 Å². The van der Waals surface area contributed by atoms with Crippen LogP contribution in [0.5, 0.6) is 5.75 Å². The number of hydrogen-bond donors (Lipinski definition) is 3. The van der Waals surface area contributed by atoms with Crippen molar-refractivity contribution in [1.29, 1.82) is 0 Å². The molecule has 8 nitrogen and oxygen atoms in total. The molecule has 5 rings (SSSR count). The maximum absolute atomic E-state index is 5.56. The Balaban J connectivity index is 1.57. The molecular formula is C20H21N7O. The van der Waals surface area contributed by atoms with Crippen LogP contribution in [-0.2, 0) is 0 Å². The summed E-state index contributed by atoms with van der Waals surface area (Å²) in [7, 11) is 1.66. The first-order valence-electron chi connectivity index (χ1n) is 9.31. The highest BCUT2D eigenvalue weighted by molar-refractivity contribution is 5.73. The van der Waals surface area contributed by atoms with Crippen LogP contribution in [0.15, 0.2) is 49.1 Å². The van der Waals surface area contributed by atoms with Crippen molar-refractivity contribution in [3.05, 3.63) is 49.1 Å². The Morgan fingerprint density at radius 1 is 1.29 bits per heavy atom. The number of nitrogens with zero attached hydrogens (tertiary/aromatic N) is 4. The van der Waals surface area contributed by atoms with Gasteiger partial charge in [-0.25, -0.2) is 9.97 Å². The first kappa shape index (κ1) is 16.8. The van der Waals surface area contributed by atoms with E-state index in [2.05, 4.69) is 25.8 Å². The van der Waals surface area contributed by atoms with Crippen molar-refractivity contribution >= 4 is 11.5 Å². The lowest BCUT2D eigenvalue weighted by atomic mass is 10.1. The predicted molar refractivity (Wildman–Crippen MR) is 107 cm³/mol. The normalized spacial score (nSPS) is 16.5. The summed E-state index contributed by atoms with van der Waals surface area (Å²) in [5, 5.41) is 13.8. The van der Waals surface area contributed by atoms with E-state index in [4.69, 9.17) is 9.72 Å². The predicted octanol–water partition coefficient (Wildman–Crippen LogP) is 2.57. The van der Waals surface area contributed by atoms with Crippen molar-refractivity contribution in [3.63, 3.8) is 0 Å². The van der Waals surface area contributed by atoms with E-state index >= 15 is 0 Å². The summed E-state index contributed by atoms with van der Waals surface area (Å²) in [5.41, 5.74) is 4.49. The molecular weight excluding hydrogens is 354 g/mol. The van der Waals surface area contributed by atoms with E-state index in [0.717, 1.165) is 59.2 Å². The van der Waals surface area contributed by atoms with Crippen LogP contribution in [0, 0.1) is 0 Å². The minimum absolute atomic E-state index is 0.418. The minimum atomic E-state index is 0.418. The molecule has 0 aliphatic carbocycles. The number of pyridine rings is 2. The van der Waals surface area contributed by atoms with Crippen LogP contribution in [0.1, 0.15) is 6.42 Å². The molecule has 1 aliphatic heterocycles. The number of hydrogen-bond acceptors (Lipinski definition) is 6. The van der Waals surface area contributed by atoms with E-state index in [1.807, 2.05) is 47.3 Å². The summed E-state index contributed by atoms with van der Waals surface area (Å²) in [6.07, 6.45) is 8.59. The van der Waals surface area contributed by atoms with E-state index in [1.54, 1.807) is 13.3 Å². The van der Waals surface area contributed by atoms with Gasteiger partial charge in [0.2, 0.25) is 0 Å². The van der Waals surface area contributed by atoms with Gasteiger partial charge in [-0.2, -0.15) is 5.10 Å². The summed E-state index contributed by atoms with van der Waals surface area (Å²) in [6, 6.07) is 8.38. The molecule has 142 valence electrons. The monoisotopic (exact) mass is 375 g/mol. The van der Waals surface area contributed by atoms with Gasteiger partial charge < -0.3 is 15.4 Å². The van der Waals surface area contributed by atoms with Crippen molar-refractivity contribution in [1.82, 2.24) is 29.9 Å². The number of rotatable bonds is 5. The molecule has 4 aromatic rings. The van der Waals surface area contributed by atoms with Crippen molar-refractivity contribution in [3.8, 4) is 28.3 Å². The lowest BCUT2D eigenvalue weighted by Crippen LogP contribution is -2.22. The first-order chi connectivity index (χ1) is 13.8. The van der Waals surface area contributed by atoms with Gasteiger partial charge in [0, 0.05) is 42.2 Å². The molecule has 1 saturated heterocycles. The molecule has 1 unspecified atom stereocenters. The molecule has 1 aliphatic rings. The molecule has 28 heavy (non-hydrogen) atoms. The molecule has 0 saturated carbocycles. The fourth-order valence-corrected chi connectivity index (χ4v) is 3.62. The second-order valence-corrected chi connectivity index (χ2v) is 6.86. The number of aromatic amines is 1. The highest BCUT2D eigenvalue weighted by Gasteiger charge is 2.16. The Morgan fingerprint density at radius 2 is 2.25 bits per heavy atom. The average Bonchev–Trinajstić information content (AvgIpc) is 3.48. The molecule has 8 heteroatoms. The highest BCUT2D eigenvalue weighted by Crippen LogP contribution is 2.32. The second-order valence-electron chi connectivity index (χ2n) is 6.86. The summed E-state index contributed by atoms with van der Waals surface area (Å²) in [6.45, 7) is 2.01. The van der Waals surface area contributed by atoms with E-state index < -0.39 is 0 Å². The SMILES string of the molecule is COc1cc2ncc(-c3cccc(NC4CCNC4)n3)n2cc1-c1cn[nH]c1. The van der Waals surface area contributed by atoms with Crippen molar-refractivity contribution in [2.24, 2.45) is 0 Å². The summed E-state index contributed by atoms with van der Waals surface area (Å²) >= 11 is 0. The van der Waals surface area contributed by atoms with Crippen LogP contribution in [-0.4, -0.2) is 50.8 Å². The maximum Gasteiger partial charge on any atom is 0.140 e. The quantitative estimate of drug-likeness (QED) is 0.497. The Hall–Kier alpha value is -3.39. The second kappa shape index (κ2) is 6.97. The number of anilines is 1. The molecule has 5 heterocycles. The molecule has 4 aromatic heterocycles. The lowest BCUT2D eigenvalue weighted by Gasteiger charge is -2.13. The Kier molecular flexibility index (Phi) is 4.17. The Morgan fingerprint density at radius 3 is 3.04 bits per heavy atom. The van der Waals surface area contributed by atoms with Gasteiger partial charge in [-0.3, -0.25) is 9.50 Å². The molecule has 0 bridgehead atoms. The smallest absolute Gasteiger partial charge is 0.140 e. The molecule has 1 fully saturated rings. The third kappa shape index (κ3) is 2.97. The number of aromatic nitrogens is 5. The van der Waals surface area contributed by atoms with E-state index in [0.29, 0.717) is 6.04 Å². The number of nitrogens with one attached hydrogen (secondary N) is 3. The zero-order chi connectivity index (χ0) is 18.9. The summed E-state index contributed by atoms with van der Waals surface area (Å²) < 4.78 is 7.59. The van der Waals surface area contributed by atoms with Gasteiger partial charge >= 0.3 is 0 Å². The van der Waals surface area contributed by atoms with Crippen molar-refractivity contribution < 1.29 is 4.74 Å². The molecule has 3 N–H and O–H groups in total. The number of imidazole rings is 1. The van der Waals surface area contributed by atoms with Gasteiger partial charge in [0.05, 0.1) is 30.9 Å². The van der Waals surface area contributed by atoms with Gasteiger partial charge in [-0.05, 0) is 25.1 Å². The van der Waals surface area contributed by atoms with Crippen LogP contribution in [0.3, 0.4) is 0 Å².